The molecule has 0 N–H and O–H groups in total. The first-order valence-corrected chi connectivity index (χ1v) is 9.44. The van der Waals surface area contributed by atoms with Crippen LogP contribution in [0.2, 0.25) is 0 Å². The fourth-order valence-electron chi connectivity index (χ4n) is 2.49. The second-order valence-electron chi connectivity index (χ2n) is 7.52. The van der Waals surface area contributed by atoms with Crippen molar-refractivity contribution < 1.29 is 9.22 Å². The van der Waals surface area contributed by atoms with Crippen LogP contribution in [0.15, 0.2) is 0 Å². The molecule has 0 aromatic heterocycles. The van der Waals surface area contributed by atoms with Crippen molar-refractivity contribution in [2.24, 2.45) is 0 Å². The Balaban J connectivity index is 3.00. The maximum Gasteiger partial charge on any atom is 0.102 e. The molecule has 0 radical (unpaired) electrons. The molecule has 0 heterocycles. The molecule has 2 nitrogen and oxygen atoms in total. The van der Waals surface area contributed by atoms with E-state index in [1.807, 2.05) is 0 Å². The first-order valence-electron chi connectivity index (χ1n) is 9.44. The zero-order valence-corrected chi connectivity index (χ0v) is 15.5. The van der Waals surface area contributed by atoms with Crippen molar-refractivity contribution in [1.29, 1.82) is 0 Å². The van der Waals surface area contributed by atoms with E-state index in [4.69, 9.17) is 4.74 Å². The number of likely N-dealkylation sites (N-methyl/N-ethyl adjacent to an activating group) is 1. The van der Waals surface area contributed by atoms with Gasteiger partial charge in [-0.15, -0.1) is 0 Å². The molecule has 0 aliphatic heterocycles. The van der Waals surface area contributed by atoms with E-state index in [-0.39, 0.29) is 0 Å². The highest BCUT2D eigenvalue weighted by Crippen LogP contribution is 2.11. The number of unbranched alkanes of at least 4 members (excludes halogenated alkanes) is 11. The minimum atomic E-state index is 0.904. The van der Waals surface area contributed by atoms with Gasteiger partial charge in [0.25, 0.3) is 0 Å². The van der Waals surface area contributed by atoms with Gasteiger partial charge in [0.1, 0.15) is 6.54 Å². The van der Waals surface area contributed by atoms with Gasteiger partial charge in [-0.25, -0.2) is 0 Å². The minimum Gasteiger partial charge on any atom is -0.376 e. The predicted octanol–water partition coefficient (Wildman–Crippen LogP) is 5.41. The van der Waals surface area contributed by atoms with Gasteiger partial charge in [-0.2, -0.15) is 0 Å². The fourth-order valence-corrected chi connectivity index (χ4v) is 2.49. The first-order chi connectivity index (χ1) is 10.1. The fraction of sp³-hybridized carbons (Fsp3) is 1.00. The molecule has 0 spiro atoms. The number of rotatable bonds is 16. The number of quaternary nitrogens is 1. The van der Waals surface area contributed by atoms with Crippen molar-refractivity contribution in [2.45, 2.75) is 84.0 Å². The molecule has 0 saturated heterocycles. The Morgan fingerprint density at radius 3 is 1.43 bits per heavy atom. The summed E-state index contributed by atoms with van der Waals surface area (Å²) in [5, 5.41) is 0. The van der Waals surface area contributed by atoms with Crippen LogP contribution in [-0.4, -0.2) is 45.4 Å². The molecule has 0 aliphatic rings. The third kappa shape index (κ3) is 19.9. The summed E-state index contributed by atoms with van der Waals surface area (Å²) in [5.74, 6) is 0. The molecule has 0 atom stereocenters. The molecular formula is C19H42NO+. The van der Waals surface area contributed by atoms with Crippen LogP contribution in [0.1, 0.15) is 84.0 Å². The first kappa shape index (κ1) is 20.9. The van der Waals surface area contributed by atoms with Crippen molar-refractivity contribution >= 4 is 0 Å². The predicted molar refractivity (Wildman–Crippen MR) is 94.8 cm³/mol. The lowest BCUT2D eigenvalue weighted by Crippen LogP contribution is -2.37. The van der Waals surface area contributed by atoms with Crippen LogP contribution < -0.4 is 0 Å². The molecule has 2 heteroatoms. The molecule has 128 valence electrons. The van der Waals surface area contributed by atoms with Gasteiger partial charge in [0.15, 0.2) is 0 Å². The molecule has 0 unspecified atom stereocenters. The average Bonchev–Trinajstić information content (AvgIpc) is 2.42. The normalized spacial score (nSPS) is 12.0. The smallest absolute Gasteiger partial charge is 0.102 e. The summed E-state index contributed by atoms with van der Waals surface area (Å²) in [7, 11) is 6.65. The van der Waals surface area contributed by atoms with Crippen LogP contribution in [0, 0.1) is 0 Å². The second-order valence-corrected chi connectivity index (χ2v) is 7.52. The lowest BCUT2D eigenvalue weighted by Gasteiger charge is -2.23. The van der Waals surface area contributed by atoms with Crippen LogP contribution in [0.5, 0.6) is 0 Å². The van der Waals surface area contributed by atoms with Crippen LogP contribution >= 0.6 is 0 Å². The van der Waals surface area contributed by atoms with Crippen LogP contribution in [0.25, 0.3) is 0 Å². The van der Waals surface area contributed by atoms with Crippen LogP contribution in [0.4, 0.5) is 0 Å². The molecule has 0 aromatic carbocycles. The van der Waals surface area contributed by atoms with E-state index in [0.717, 1.165) is 24.2 Å². The van der Waals surface area contributed by atoms with E-state index in [1.165, 1.54) is 77.0 Å². The maximum absolute atomic E-state index is 5.69. The summed E-state index contributed by atoms with van der Waals surface area (Å²) in [5.41, 5.74) is 0. The topological polar surface area (TPSA) is 9.23 Å². The standard InChI is InChI=1S/C19H42NO/c1-5-6-7-8-9-10-11-12-13-14-15-16-18-21-19-17-20(2,3)4/h5-19H2,1-4H3/q+1. The van der Waals surface area contributed by atoms with Gasteiger partial charge in [-0.05, 0) is 6.42 Å². The molecule has 0 bridgehead atoms. The van der Waals surface area contributed by atoms with Gasteiger partial charge >= 0.3 is 0 Å². The van der Waals surface area contributed by atoms with E-state index in [0.29, 0.717) is 0 Å². The van der Waals surface area contributed by atoms with E-state index in [1.54, 1.807) is 0 Å². The van der Waals surface area contributed by atoms with Gasteiger partial charge in [-0.3, -0.25) is 0 Å². The zero-order chi connectivity index (χ0) is 15.8. The van der Waals surface area contributed by atoms with Crippen molar-refractivity contribution in [3.05, 3.63) is 0 Å². The SMILES string of the molecule is CCCCCCCCCCCCCCOCC[N+](C)(C)C. The van der Waals surface area contributed by atoms with Crippen LogP contribution in [-0.2, 0) is 4.74 Å². The highest BCUT2D eigenvalue weighted by Gasteiger charge is 2.05. The van der Waals surface area contributed by atoms with Gasteiger partial charge in [-0.1, -0.05) is 77.6 Å². The monoisotopic (exact) mass is 300 g/mol. The number of hydrogen-bond acceptors (Lipinski definition) is 1. The van der Waals surface area contributed by atoms with Gasteiger partial charge < -0.3 is 9.22 Å². The van der Waals surface area contributed by atoms with E-state index < -0.39 is 0 Å². The Hall–Kier alpha value is -0.0800. The van der Waals surface area contributed by atoms with Crippen molar-refractivity contribution in [2.75, 3.05) is 40.9 Å². The minimum absolute atomic E-state index is 0.904. The molecule has 0 aliphatic carbocycles. The summed E-state index contributed by atoms with van der Waals surface area (Å²) in [6, 6.07) is 0. The summed E-state index contributed by atoms with van der Waals surface area (Å²) >= 11 is 0. The third-order valence-corrected chi connectivity index (χ3v) is 4.05. The second kappa shape index (κ2) is 14.8. The summed E-state index contributed by atoms with van der Waals surface area (Å²) in [4.78, 5) is 0. The van der Waals surface area contributed by atoms with Crippen LogP contribution in [0.3, 0.4) is 0 Å². The molecule has 0 fully saturated rings. The van der Waals surface area contributed by atoms with Crippen molar-refractivity contribution in [1.82, 2.24) is 0 Å². The zero-order valence-electron chi connectivity index (χ0n) is 15.5. The number of nitrogens with zero attached hydrogens (tertiary/aromatic N) is 1. The number of hydrogen-bond donors (Lipinski definition) is 0. The molecule has 0 aromatic rings. The summed E-state index contributed by atoms with van der Waals surface area (Å²) in [6.07, 6.45) is 16.9. The Labute approximate surface area is 134 Å². The average molecular weight is 301 g/mol. The van der Waals surface area contributed by atoms with E-state index in [9.17, 15) is 0 Å². The van der Waals surface area contributed by atoms with Crippen molar-refractivity contribution in [3.8, 4) is 0 Å². The Morgan fingerprint density at radius 1 is 0.571 bits per heavy atom. The largest absolute Gasteiger partial charge is 0.376 e. The molecule has 0 amide bonds. The molecular weight excluding hydrogens is 258 g/mol. The molecule has 0 rings (SSSR count). The summed E-state index contributed by atoms with van der Waals surface area (Å²) in [6.45, 7) is 5.26. The lowest BCUT2D eigenvalue weighted by atomic mass is 10.1. The van der Waals surface area contributed by atoms with Crippen molar-refractivity contribution in [3.63, 3.8) is 0 Å². The molecule has 0 saturated carbocycles. The highest BCUT2D eigenvalue weighted by molar-refractivity contribution is 4.48. The van der Waals surface area contributed by atoms with E-state index in [2.05, 4.69) is 28.1 Å². The van der Waals surface area contributed by atoms with Gasteiger partial charge in [0.05, 0.1) is 27.7 Å². The Morgan fingerprint density at radius 2 is 1.00 bits per heavy atom. The van der Waals surface area contributed by atoms with E-state index >= 15 is 0 Å². The lowest BCUT2D eigenvalue weighted by molar-refractivity contribution is -0.870. The Kier molecular flexibility index (Phi) is 14.8. The maximum atomic E-state index is 5.69. The third-order valence-electron chi connectivity index (χ3n) is 4.05. The highest BCUT2D eigenvalue weighted by atomic mass is 16.5. The quantitative estimate of drug-likeness (QED) is 0.273. The van der Waals surface area contributed by atoms with Gasteiger partial charge in [0, 0.05) is 6.61 Å². The summed E-state index contributed by atoms with van der Waals surface area (Å²) < 4.78 is 6.68. The number of ether oxygens (including phenoxy) is 1. The van der Waals surface area contributed by atoms with Gasteiger partial charge in [0.2, 0.25) is 0 Å². The molecule has 21 heavy (non-hydrogen) atoms. The Bertz CT molecular complexity index is 198.